The Morgan fingerprint density at radius 1 is 1.38 bits per heavy atom. The van der Waals surface area contributed by atoms with Crippen molar-refractivity contribution in [1.82, 2.24) is 4.98 Å². The van der Waals surface area contributed by atoms with Crippen LogP contribution in [0, 0.1) is 15.9 Å². The topological polar surface area (TPSA) is 118 Å². The smallest absolute Gasteiger partial charge is 0.437 e. The van der Waals surface area contributed by atoms with Crippen LogP contribution in [0.2, 0.25) is 10.0 Å². The van der Waals surface area contributed by atoms with E-state index < -0.39 is 28.5 Å². The van der Waals surface area contributed by atoms with Gasteiger partial charge in [-0.2, -0.15) is 0 Å². The van der Waals surface area contributed by atoms with Gasteiger partial charge in [0.05, 0.1) is 23.4 Å². The Bertz CT molecular complexity index is 847. The Labute approximate surface area is 144 Å². The number of nitro groups is 1. The standard InChI is InChI=1S/C13H8Cl2FN3O5/c1-23-13(20)24-12-11(15)8(17)4-9(18-12)5-2-10(19(21)22)6(14)3-7(5)16/h2-4H,1H3,(H2,17,18). The van der Waals surface area contributed by atoms with Crippen molar-refractivity contribution in [2.24, 2.45) is 0 Å². The van der Waals surface area contributed by atoms with E-state index in [1.807, 2.05) is 0 Å². The van der Waals surface area contributed by atoms with Gasteiger partial charge in [0, 0.05) is 17.7 Å². The number of benzene rings is 1. The van der Waals surface area contributed by atoms with Gasteiger partial charge in [0.15, 0.2) is 0 Å². The van der Waals surface area contributed by atoms with Gasteiger partial charge in [-0.1, -0.05) is 23.2 Å². The van der Waals surface area contributed by atoms with E-state index in [1.165, 1.54) is 6.07 Å². The molecule has 2 rings (SSSR count). The minimum absolute atomic E-state index is 0.0856. The van der Waals surface area contributed by atoms with E-state index in [4.69, 9.17) is 33.7 Å². The van der Waals surface area contributed by atoms with Crippen molar-refractivity contribution >= 4 is 40.7 Å². The third-order valence-corrected chi connectivity index (χ3v) is 3.49. The number of pyridine rings is 1. The SMILES string of the molecule is COC(=O)Oc1nc(-c2cc([N+](=O)[O-])c(Cl)cc2F)cc(N)c1Cl. The Hall–Kier alpha value is -2.65. The van der Waals surface area contributed by atoms with E-state index in [1.54, 1.807) is 0 Å². The summed E-state index contributed by atoms with van der Waals surface area (Å²) in [7, 11) is 1.06. The van der Waals surface area contributed by atoms with Gasteiger partial charge in [-0.15, -0.1) is 0 Å². The van der Waals surface area contributed by atoms with Crippen LogP contribution < -0.4 is 10.5 Å². The molecule has 1 aromatic heterocycles. The summed E-state index contributed by atoms with van der Waals surface area (Å²) in [5, 5.41) is 10.4. The quantitative estimate of drug-likeness (QED) is 0.491. The molecular weight excluding hydrogens is 368 g/mol. The van der Waals surface area contributed by atoms with Crippen LogP contribution in [0.5, 0.6) is 5.88 Å². The van der Waals surface area contributed by atoms with Crippen molar-refractivity contribution in [3.63, 3.8) is 0 Å². The molecule has 126 valence electrons. The number of hydrogen-bond donors (Lipinski definition) is 1. The average molecular weight is 376 g/mol. The molecule has 1 aromatic carbocycles. The second-order valence-electron chi connectivity index (χ2n) is 4.31. The first-order valence-corrected chi connectivity index (χ1v) is 6.85. The van der Waals surface area contributed by atoms with E-state index in [0.717, 1.165) is 19.2 Å². The summed E-state index contributed by atoms with van der Waals surface area (Å²) in [5.41, 5.74) is 4.63. The summed E-state index contributed by atoms with van der Waals surface area (Å²) in [6.07, 6.45) is -1.12. The number of carbonyl (C=O) groups excluding carboxylic acids is 1. The van der Waals surface area contributed by atoms with Crippen LogP contribution in [0.1, 0.15) is 0 Å². The van der Waals surface area contributed by atoms with E-state index >= 15 is 0 Å². The molecule has 0 spiro atoms. The predicted octanol–water partition coefficient (Wildman–Crippen LogP) is 3.83. The van der Waals surface area contributed by atoms with E-state index in [0.29, 0.717) is 0 Å². The minimum atomic E-state index is -1.12. The summed E-state index contributed by atoms with van der Waals surface area (Å²) >= 11 is 11.5. The lowest BCUT2D eigenvalue weighted by Crippen LogP contribution is -2.10. The Morgan fingerprint density at radius 3 is 2.62 bits per heavy atom. The Morgan fingerprint density at radius 2 is 2.04 bits per heavy atom. The number of aromatic nitrogens is 1. The molecule has 0 atom stereocenters. The number of methoxy groups -OCH3 is 1. The molecule has 11 heteroatoms. The van der Waals surface area contributed by atoms with Crippen molar-refractivity contribution in [1.29, 1.82) is 0 Å². The number of rotatable bonds is 3. The van der Waals surface area contributed by atoms with Crippen LogP contribution in [-0.4, -0.2) is 23.2 Å². The first-order chi connectivity index (χ1) is 11.2. The lowest BCUT2D eigenvalue weighted by Gasteiger charge is -2.10. The number of ether oxygens (including phenoxy) is 2. The first kappa shape index (κ1) is 17.7. The Balaban J connectivity index is 2.63. The molecule has 0 aliphatic rings. The molecule has 2 aromatic rings. The number of hydrogen-bond acceptors (Lipinski definition) is 7. The van der Waals surface area contributed by atoms with Crippen LogP contribution >= 0.6 is 23.2 Å². The molecule has 8 nitrogen and oxygen atoms in total. The fourth-order valence-electron chi connectivity index (χ4n) is 1.72. The minimum Gasteiger partial charge on any atom is -0.437 e. The molecule has 0 amide bonds. The van der Waals surface area contributed by atoms with Gasteiger partial charge >= 0.3 is 6.16 Å². The average Bonchev–Trinajstić information content (AvgIpc) is 2.51. The highest BCUT2D eigenvalue weighted by Crippen LogP contribution is 2.37. The predicted molar refractivity (Wildman–Crippen MR) is 83.8 cm³/mol. The summed E-state index contributed by atoms with van der Waals surface area (Å²) in [6, 6.07) is 2.82. The highest BCUT2D eigenvalue weighted by atomic mass is 35.5. The molecule has 0 saturated heterocycles. The first-order valence-electron chi connectivity index (χ1n) is 6.10. The summed E-state index contributed by atoms with van der Waals surface area (Å²) in [4.78, 5) is 25.2. The fraction of sp³-hybridized carbons (Fsp3) is 0.0769. The summed E-state index contributed by atoms with van der Waals surface area (Å²) in [5.74, 6) is -1.32. The van der Waals surface area contributed by atoms with Crippen molar-refractivity contribution in [2.75, 3.05) is 12.8 Å². The molecule has 0 bridgehead atoms. The number of nitrogen functional groups attached to an aromatic ring is 1. The van der Waals surface area contributed by atoms with Crippen LogP contribution in [-0.2, 0) is 4.74 Å². The maximum absolute atomic E-state index is 14.1. The molecule has 0 fully saturated rings. The third kappa shape index (κ3) is 3.47. The number of anilines is 1. The van der Waals surface area contributed by atoms with Gasteiger partial charge < -0.3 is 15.2 Å². The summed E-state index contributed by atoms with van der Waals surface area (Å²) < 4.78 is 23.1. The zero-order chi connectivity index (χ0) is 18.0. The summed E-state index contributed by atoms with van der Waals surface area (Å²) in [6.45, 7) is 0. The molecule has 2 N–H and O–H groups in total. The van der Waals surface area contributed by atoms with Gasteiger partial charge in [-0.25, -0.2) is 14.2 Å². The zero-order valence-electron chi connectivity index (χ0n) is 11.9. The zero-order valence-corrected chi connectivity index (χ0v) is 13.4. The maximum atomic E-state index is 14.1. The highest BCUT2D eigenvalue weighted by molar-refractivity contribution is 6.34. The number of halogens is 3. The molecule has 1 heterocycles. The number of nitrogens with two attached hydrogens (primary N) is 1. The molecular formula is C13H8Cl2FN3O5. The monoisotopic (exact) mass is 375 g/mol. The maximum Gasteiger partial charge on any atom is 0.514 e. The van der Waals surface area contributed by atoms with Crippen molar-refractivity contribution in [3.8, 4) is 17.1 Å². The van der Waals surface area contributed by atoms with E-state index in [9.17, 15) is 19.3 Å². The van der Waals surface area contributed by atoms with Crippen molar-refractivity contribution in [3.05, 3.63) is 44.2 Å². The van der Waals surface area contributed by atoms with Gasteiger partial charge in [-0.05, 0) is 6.07 Å². The van der Waals surface area contributed by atoms with Crippen LogP contribution in [0.15, 0.2) is 18.2 Å². The number of nitrogens with zero attached hydrogens (tertiary/aromatic N) is 2. The molecule has 0 radical (unpaired) electrons. The molecule has 0 unspecified atom stereocenters. The largest absolute Gasteiger partial charge is 0.514 e. The van der Waals surface area contributed by atoms with Crippen LogP contribution in [0.25, 0.3) is 11.3 Å². The number of carbonyl (C=O) groups is 1. The lowest BCUT2D eigenvalue weighted by molar-refractivity contribution is -0.384. The molecule has 0 saturated carbocycles. The molecule has 24 heavy (non-hydrogen) atoms. The van der Waals surface area contributed by atoms with Gasteiger partial charge in [0.25, 0.3) is 5.69 Å². The Kier molecular flexibility index (Phi) is 5.05. The second kappa shape index (κ2) is 6.85. The fourth-order valence-corrected chi connectivity index (χ4v) is 2.08. The second-order valence-corrected chi connectivity index (χ2v) is 5.10. The molecule has 0 aliphatic heterocycles. The lowest BCUT2D eigenvalue weighted by atomic mass is 10.1. The van der Waals surface area contributed by atoms with E-state index in [2.05, 4.69) is 9.72 Å². The highest BCUT2D eigenvalue weighted by Gasteiger charge is 2.21. The van der Waals surface area contributed by atoms with Gasteiger partial charge in [0.1, 0.15) is 15.9 Å². The van der Waals surface area contributed by atoms with Crippen molar-refractivity contribution < 1.29 is 23.6 Å². The van der Waals surface area contributed by atoms with Crippen LogP contribution in [0.4, 0.5) is 20.6 Å². The van der Waals surface area contributed by atoms with E-state index in [-0.39, 0.29) is 27.0 Å². The van der Waals surface area contributed by atoms with Crippen molar-refractivity contribution in [2.45, 2.75) is 0 Å². The van der Waals surface area contributed by atoms with Gasteiger partial charge in [0.2, 0.25) is 5.88 Å². The third-order valence-electron chi connectivity index (χ3n) is 2.81. The van der Waals surface area contributed by atoms with Gasteiger partial charge in [-0.3, -0.25) is 10.1 Å². The number of nitro benzene ring substituents is 1. The molecule has 0 aliphatic carbocycles. The normalized spacial score (nSPS) is 10.3. The van der Waals surface area contributed by atoms with Crippen LogP contribution in [0.3, 0.4) is 0 Å².